The van der Waals surface area contributed by atoms with E-state index in [1.54, 1.807) is 0 Å². The van der Waals surface area contributed by atoms with Gasteiger partial charge in [-0.1, -0.05) is 0 Å². The fourth-order valence-corrected chi connectivity index (χ4v) is 10.1. The van der Waals surface area contributed by atoms with E-state index in [2.05, 4.69) is 44.0 Å². The van der Waals surface area contributed by atoms with Gasteiger partial charge in [-0.05, 0) is 0 Å². The van der Waals surface area contributed by atoms with Crippen LogP contribution in [0.5, 0.6) is 0 Å². The Hall–Kier alpha value is 0.646. The van der Waals surface area contributed by atoms with Gasteiger partial charge in [0, 0.05) is 0 Å². The maximum atomic E-state index is 3.48. The van der Waals surface area contributed by atoms with Crippen molar-refractivity contribution in [3.63, 3.8) is 0 Å². The first-order chi connectivity index (χ1) is 4.21. The van der Waals surface area contributed by atoms with E-state index in [1.807, 2.05) is 0 Å². The van der Waals surface area contributed by atoms with E-state index in [1.165, 1.54) is 0 Å². The maximum absolute atomic E-state index is 3.48. The summed E-state index contributed by atoms with van der Waals surface area (Å²) < 4.78 is 6.97. The molecular weight excluding hydrogens is 241 g/mol. The van der Waals surface area contributed by atoms with Crippen LogP contribution in [0.1, 0.15) is 0 Å². The summed E-state index contributed by atoms with van der Waals surface area (Å²) in [5.74, 6) is 14.1. The van der Waals surface area contributed by atoms with Crippen LogP contribution in [-0.4, -0.2) is 26.5 Å². The fourth-order valence-electron chi connectivity index (χ4n) is 0.375. The van der Waals surface area contributed by atoms with Crippen LogP contribution in [0.25, 0.3) is 0 Å². The standard InChI is InChI=1S/C8H18Ge2/c1-9(2,3)7-8-10(4,5)6/h1-6H3. The van der Waals surface area contributed by atoms with E-state index in [0.29, 0.717) is 0 Å². The fraction of sp³-hybridized carbons (Fsp3) is 0.750. The van der Waals surface area contributed by atoms with Crippen LogP contribution in [0, 0.1) is 9.51 Å². The molecular formula is C8H18Ge2. The van der Waals surface area contributed by atoms with Crippen LogP contribution in [-0.2, 0) is 0 Å². The third-order valence-electron chi connectivity index (χ3n) is 0.812. The zero-order chi connectivity index (χ0) is 8.41. The molecule has 2 heteroatoms. The molecule has 0 saturated carbocycles. The molecule has 0 unspecified atom stereocenters. The van der Waals surface area contributed by atoms with E-state index in [-0.39, 0.29) is 0 Å². The van der Waals surface area contributed by atoms with Gasteiger partial charge in [-0.3, -0.25) is 0 Å². The van der Waals surface area contributed by atoms with E-state index in [9.17, 15) is 0 Å². The van der Waals surface area contributed by atoms with Crippen LogP contribution in [0.3, 0.4) is 0 Å². The van der Waals surface area contributed by atoms with Gasteiger partial charge < -0.3 is 0 Å². The van der Waals surface area contributed by atoms with Crippen molar-refractivity contribution in [2.45, 2.75) is 34.5 Å². The number of hydrogen-bond donors (Lipinski definition) is 0. The predicted octanol–water partition coefficient (Wildman–Crippen LogP) is 2.74. The first-order valence-electron chi connectivity index (χ1n) is 3.75. The first kappa shape index (κ1) is 10.6. The van der Waals surface area contributed by atoms with Crippen molar-refractivity contribution in [1.82, 2.24) is 0 Å². The normalized spacial score (nSPS) is 12.2. The molecule has 0 aliphatic heterocycles. The molecule has 58 valence electrons. The van der Waals surface area contributed by atoms with E-state index >= 15 is 0 Å². The Morgan fingerprint density at radius 2 is 0.800 bits per heavy atom. The monoisotopic (exact) mass is 262 g/mol. The second-order valence-electron chi connectivity index (χ2n) is 4.75. The number of hydrogen-bond acceptors (Lipinski definition) is 0. The summed E-state index contributed by atoms with van der Waals surface area (Å²) in [6.45, 7) is 0. The first-order valence-corrected chi connectivity index (χ1v) is 18.4. The predicted molar refractivity (Wildman–Crippen MR) is 54.5 cm³/mol. The molecule has 0 radical (unpaired) electrons. The van der Waals surface area contributed by atoms with E-state index < -0.39 is 26.5 Å². The van der Waals surface area contributed by atoms with Crippen LogP contribution in [0.4, 0.5) is 0 Å². The summed E-state index contributed by atoms with van der Waals surface area (Å²) in [7, 11) is 0. The van der Waals surface area contributed by atoms with Crippen molar-refractivity contribution in [2.24, 2.45) is 0 Å². The summed E-state index contributed by atoms with van der Waals surface area (Å²) in [5, 5.41) is 0. The summed E-state index contributed by atoms with van der Waals surface area (Å²) >= 11 is -3.05. The zero-order valence-electron chi connectivity index (χ0n) is 8.00. The molecule has 0 N–H and O–H groups in total. The van der Waals surface area contributed by atoms with Gasteiger partial charge in [0.05, 0.1) is 0 Å². The number of rotatable bonds is 0. The van der Waals surface area contributed by atoms with Crippen molar-refractivity contribution in [2.75, 3.05) is 0 Å². The van der Waals surface area contributed by atoms with Crippen molar-refractivity contribution < 1.29 is 0 Å². The molecule has 0 aromatic rings. The third kappa shape index (κ3) is 8.65. The molecule has 0 saturated heterocycles. The minimum atomic E-state index is -1.53. The molecule has 0 fully saturated rings. The average molecular weight is 259 g/mol. The molecule has 0 aromatic heterocycles. The second kappa shape index (κ2) is 3.36. The third-order valence-corrected chi connectivity index (χ3v) is 5.58. The summed E-state index contributed by atoms with van der Waals surface area (Å²) in [6.07, 6.45) is 0. The van der Waals surface area contributed by atoms with Crippen molar-refractivity contribution >= 4 is 26.5 Å². The van der Waals surface area contributed by atoms with Crippen LogP contribution < -0.4 is 0 Å². The molecule has 0 aliphatic rings. The van der Waals surface area contributed by atoms with E-state index in [0.717, 1.165) is 0 Å². The zero-order valence-corrected chi connectivity index (χ0v) is 12.2. The van der Waals surface area contributed by atoms with Gasteiger partial charge in [0.1, 0.15) is 0 Å². The van der Waals surface area contributed by atoms with Gasteiger partial charge in [-0.25, -0.2) is 0 Å². The molecule has 0 aliphatic carbocycles. The van der Waals surface area contributed by atoms with Gasteiger partial charge in [-0.2, -0.15) is 0 Å². The van der Waals surface area contributed by atoms with Gasteiger partial charge in [0.15, 0.2) is 0 Å². The molecule has 0 amide bonds. The summed E-state index contributed by atoms with van der Waals surface area (Å²) in [4.78, 5) is 0. The van der Waals surface area contributed by atoms with Gasteiger partial charge in [0.25, 0.3) is 0 Å². The topological polar surface area (TPSA) is 0 Å². The molecule has 0 bridgehead atoms. The molecule has 0 atom stereocenters. The second-order valence-corrected chi connectivity index (χ2v) is 24.7. The quantitative estimate of drug-likeness (QED) is 0.463. The Labute approximate surface area is 70.5 Å². The Morgan fingerprint density at radius 1 is 0.600 bits per heavy atom. The Balaban J connectivity index is 4.19. The average Bonchev–Trinajstić information content (AvgIpc) is 1.57. The SMILES string of the molecule is [CH3][Ge]([CH3])([CH3])[C]#[C][Ge]([CH3])([CH3])[CH3]. The molecule has 0 rings (SSSR count). The molecule has 10 heavy (non-hydrogen) atoms. The Morgan fingerprint density at radius 3 is 0.900 bits per heavy atom. The van der Waals surface area contributed by atoms with E-state index in [4.69, 9.17) is 0 Å². The van der Waals surface area contributed by atoms with Crippen LogP contribution in [0.15, 0.2) is 0 Å². The molecule has 0 nitrogen and oxygen atoms in total. The molecule has 0 heterocycles. The molecule has 0 aromatic carbocycles. The van der Waals surface area contributed by atoms with Crippen molar-refractivity contribution in [1.29, 1.82) is 0 Å². The van der Waals surface area contributed by atoms with Gasteiger partial charge in [0.2, 0.25) is 0 Å². The minimum absolute atomic E-state index is 1.53. The van der Waals surface area contributed by atoms with Crippen molar-refractivity contribution in [3.05, 3.63) is 0 Å². The summed E-state index contributed by atoms with van der Waals surface area (Å²) in [6, 6.07) is 0. The Kier molecular flexibility index (Phi) is 3.58. The molecule has 0 spiro atoms. The van der Waals surface area contributed by atoms with Crippen LogP contribution in [0.2, 0.25) is 34.5 Å². The van der Waals surface area contributed by atoms with Crippen molar-refractivity contribution in [3.8, 4) is 9.51 Å². The van der Waals surface area contributed by atoms with Gasteiger partial charge >= 0.3 is 70.6 Å². The van der Waals surface area contributed by atoms with Gasteiger partial charge in [-0.15, -0.1) is 0 Å². The summed E-state index contributed by atoms with van der Waals surface area (Å²) in [5.41, 5.74) is 0. The Bertz CT molecular complexity index is 140. The van der Waals surface area contributed by atoms with Crippen LogP contribution >= 0.6 is 0 Å².